The summed E-state index contributed by atoms with van der Waals surface area (Å²) in [5.41, 5.74) is 0.713. The molecule has 2 N–H and O–H groups in total. The van der Waals surface area contributed by atoms with E-state index in [1.807, 2.05) is 14.1 Å². The molecule has 0 aliphatic rings. The van der Waals surface area contributed by atoms with Gasteiger partial charge in [-0.1, -0.05) is 12.1 Å². The van der Waals surface area contributed by atoms with Crippen LogP contribution in [0, 0.1) is 0 Å². The molecule has 0 radical (unpaired) electrons. The molecule has 19 heavy (non-hydrogen) atoms. The van der Waals surface area contributed by atoms with Crippen LogP contribution in [0.25, 0.3) is 0 Å². The van der Waals surface area contributed by atoms with Crippen molar-refractivity contribution in [3.05, 3.63) is 29.8 Å². The van der Waals surface area contributed by atoms with Crippen molar-refractivity contribution in [2.24, 2.45) is 0 Å². The van der Waals surface area contributed by atoms with Crippen LogP contribution in [0.1, 0.15) is 11.7 Å². The van der Waals surface area contributed by atoms with Gasteiger partial charge in [0, 0.05) is 25.9 Å². The Hall–Kier alpha value is -0.950. The molecule has 0 aliphatic carbocycles. The number of nitrogens with one attached hydrogen (secondary N) is 1. The molecule has 0 aromatic heterocycles. The number of aliphatic hydroxyl groups excluding tert-OH is 1. The van der Waals surface area contributed by atoms with Gasteiger partial charge >= 0.3 is 0 Å². The van der Waals surface area contributed by atoms with E-state index in [1.54, 1.807) is 12.1 Å². The topological polar surface area (TPSA) is 69.6 Å². The number of benzene rings is 1. The van der Waals surface area contributed by atoms with Crippen molar-refractivity contribution in [1.29, 1.82) is 0 Å². The standard InChI is InChI=1S/C13H22N2O3S/c1-15(2)9-8-14-10-13(16)11-4-6-12(7-5-11)19(3,17)18/h4-7,13-14,16H,8-10H2,1-3H3. The summed E-state index contributed by atoms with van der Waals surface area (Å²) in [5.74, 6) is 0. The van der Waals surface area contributed by atoms with Gasteiger partial charge in [0.1, 0.15) is 0 Å². The van der Waals surface area contributed by atoms with Crippen LogP contribution in [0.2, 0.25) is 0 Å². The Bertz CT molecular complexity index is 483. The SMILES string of the molecule is CN(C)CCNCC(O)c1ccc(S(C)(=O)=O)cc1. The van der Waals surface area contributed by atoms with Gasteiger partial charge in [-0.15, -0.1) is 0 Å². The van der Waals surface area contributed by atoms with Crippen LogP contribution in [0.3, 0.4) is 0 Å². The fraction of sp³-hybridized carbons (Fsp3) is 0.538. The number of rotatable bonds is 7. The molecule has 6 heteroatoms. The minimum atomic E-state index is -3.18. The smallest absolute Gasteiger partial charge is 0.175 e. The van der Waals surface area contributed by atoms with Crippen molar-refractivity contribution in [1.82, 2.24) is 10.2 Å². The highest BCUT2D eigenvalue weighted by Gasteiger charge is 2.10. The fourth-order valence-electron chi connectivity index (χ4n) is 1.60. The molecule has 1 aromatic rings. The molecule has 1 aromatic carbocycles. The Morgan fingerprint density at radius 3 is 2.32 bits per heavy atom. The van der Waals surface area contributed by atoms with Crippen LogP contribution >= 0.6 is 0 Å². The number of hydrogen-bond acceptors (Lipinski definition) is 5. The van der Waals surface area contributed by atoms with Gasteiger partial charge in [-0.3, -0.25) is 0 Å². The lowest BCUT2D eigenvalue weighted by molar-refractivity contribution is 0.173. The lowest BCUT2D eigenvalue weighted by Crippen LogP contribution is -2.29. The molecule has 1 unspecified atom stereocenters. The van der Waals surface area contributed by atoms with E-state index in [-0.39, 0.29) is 4.90 Å². The second-order valence-electron chi connectivity index (χ2n) is 4.86. The van der Waals surface area contributed by atoms with Crippen molar-refractivity contribution < 1.29 is 13.5 Å². The molecule has 1 atom stereocenters. The van der Waals surface area contributed by atoms with Crippen molar-refractivity contribution in [3.8, 4) is 0 Å². The number of likely N-dealkylation sites (N-methyl/N-ethyl adjacent to an activating group) is 1. The molecule has 0 fully saturated rings. The minimum absolute atomic E-state index is 0.268. The highest BCUT2D eigenvalue weighted by atomic mass is 32.2. The van der Waals surface area contributed by atoms with E-state index in [2.05, 4.69) is 10.2 Å². The van der Waals surface area contributed by atoms with Gasteiger partial charge in [-0.05, 0) is 31.8 Å². The maximum absolute atomic E-state index is 11.3. The fourth-order valence-corrected chi connectivity index (χ4v) is 2.23. The monoisotopic (exact) mass is 286 g/mol. The second kappa shape index (κ2) is 7.00. The first kappa shape index (κ1) is 16.1. The molecule has 0 aliphatic heterocycles. The highest BCUT2D eigenvalue weighted by molar-refractivity contribution is 7.90. The Balaban J connectivity index is 2.51. The van der Waals surface area contributed by atoms with Gasteiger partial charge in [-0.2, -0.15) is 0 Å². The Morgan fingerprint density at radius 2 is 1.84 bits per heavy atom. The maximum Gasteiger partial charge on any atom is 0.175 e. The zero-order chi connectivity index (χ0) is 14.5. The third-order valence-electron chi connectivity index (χ3n) is 2.77. The minimum Gasteiger partial charge on any atom is -0.387 e. The van der Waals surface area contributed by atoms with E-state index < -0.39 is 15.9 Å². The van der Waals surface area contributed by atoms with Gasteiger partial charge in [0.25, 0.3) is 0 Å². The number of hydrogen-bond donors (Lipinski definition) is 2. The largest absolute Gasteiger partial charge is 0.387 e. The van der Waals surface area contributed by atoms with Gasteiger partial charge in [0.2, 0.25) is 0 Å². The molecule has 5 nitrogen and oxygen atoms in total. The summed E-state index contributed by atoms with van der Waals surface area (Å²) in [6.07, 6.45) is 0.539. The van der Waals surface area contributed by atoms with Gasteiger partial charge in [0.05, 0.1) is 11.0 Å². The Labute approximate surface area is 115 Å². The molecule has 108 valence electrons. The van der Waals surface area contributed by atoms with E-state index in [4.69, 9.17) is 0 Å². The first-order valence-electron chi connectivity index (χ1n) is 6.14. The zero-order valence-corrected chi connectivity index (χ0v) is 12.4. The molecule has 0 saturated heterocycles. The lowest BCUT2D eigenvalue weighted by Gasteiger charge is -2.14. The first-order chi connectivity index (χ1) is 8.80. The second-order valence-corrected chi connectivity index (χ2v) is 6.88. The first-order valence-corrected chi connectivity index (χ1v) is 8.03. The summed E-state index contributed by atoms with van der Waals surface area (Å²) in [6.45, 7) is 2.15. The van der Waals surface area contributed by atoms with Crippen LogP contribution < -0.4 is 5.32 Å². The van der Waals surface area contributed by atoms with Crippen LogP contribution in [0.15, 0.2) is 29.2 Å². The number of nitrogens with zero attached hydrogens (tertiary/aromatic N) is 1. The van der Waals surface area contributed by atoms with Crippen LogP contribution in [-0.4, -0.2) is 58.4 Å². The van der Waals surface area contributed by atoms with E-state index in [9.17, 15) is 13.5 Å². The number of sulfone groups is 1. The van der Waals surface area contributed by atoms with Crippen LogP contribution in [0.5, 0.6) is 0 Å². The number of aliphatic hydroxyl groups is 1. The predicted octanol–water partition coefficient (Wildman–Crippen LogP) is 0.275. The van der Waals surface area contributed by atoms with Crippen molar-refractivity contribution in [3.63, 3.8) is 0 Å². The van der Waals surface area contributed by atoms with Crippen molar-refractivity contribution >= 4 is 9.84 Å². The van der Waals surface area contributed by atoms with Gasteiger partial charge in [-0.25, -0.2) is 8.42 Å². The van der Waals surface area contributed by atoms with Crippen molar-refractivity contribution in [2.45, 2.75) is 11.0 Å². The van der Waals surface area contributed by atoms with Crippen LogP contribution in [-0.2, 0) is 9.84 Å². The third kappa shape index (κ3) is 5.69. The Kier molecular flexibility index (Phi) is 5.93. The van der Waals surface area contributed by atoms with Crippen molar-refractivity contribution in [2.75, 3.05) is 40.0 Å². The summed E-state index contributed by atoms with van der Waals surface area (Å²) >= 11 is 0. The lowest BCUT2D eigenvalue weighted by atomic mass is 10.1. The zero-order valence-electron chi connectivity index (χ0n) is 11.6. The van der Waals surface area contributed by atoms with Gasteiger partial charge < -0.3 is 15.3 Å². The summed E-state index contributed by atoms with van der Waals surface area (Å²) in [6, 6.07) is 6.34. The predicted molar refractivity (Wildman–Crippen MR) is 75.9 cm³/mol. The molecule has 0 spiro atoms. The van der Waals surface area contributed by atoms with E-state index in [1.165, 1.54) is 18.4 Å². The molecule has 1 rings (SSSR count). The average molecular weight is 286 g/mol. The molecule has 0 heterocycles. The third-order valence-corrected chi connectivity index (χ3v) is 3.89. The van der Waals surface area contributed by atoms with E-state index in [0.717, 1.165) is 13.1 Å². The molecule has 0 bridgehead atoms. The highest BCUT2D eigenvalue weighted by Crippen LogP contribution is 2.15. The molecule has 0 amide bonds. The van der Waals surface area contributed by atoms with Gasteiger partial charge in [0.15, 0.2) is 9.84 Å². The molecule has 0 saturated carbocycles. The Morgan fingerprint density at radius 1 is 1.26 bits per heavy atom. The quantitative estimate of drug-likeness (QED) is 0.704. The van der Waals surface area contributed by atoms with Crippen LogP contribution in [0.4, 0.5) is 0 Å². The van der Waals surface area contributed by atoms with E-state index >= 15 is 0 Å². The molecular weight excluding hydrogens is 264 g/mol. The van der Waals surface area contributed by atoms with E-state index in [0.29, 0.717) is 12.1 Å². The maximum atomic E-state index is 11.3. The normalized spacial score (nSPS) is 13.7. The molecular formula is C13H22N2O3S. The summed E-state index contributed by atoms with van der Waals surface area (Å²) in [5, 5.41) is 13.1. The summed E-state index contributed by atoms with van der Waals surface area (Å²) < 4.78 is 22.6. The summed E-state index contributed by atoms with van der Waals surface area (Å²) in [7, 11) is 0.798. The summed E-state index contributed by atoms with van der Waals surface area (Å²) in [4.78, 5) is 2.32. The average Bonchev–Trinajstić information content (AvgIpc) is 2.33.